The Morgan fingerprint density at radius 2 is 1.61 bits per heavy atom. The van der Waals surface area contributed by atoms with Crippen molar-refractivity contribution in [2.75, 3.05) is 31.1 Å². The highest BCUT2D eigenvalue weighted by Crippen LogP contribution is 2.20. The molecule has 0 amide bonds. The fourth-order valence-corrected chi connectivity index (χ4v) is 4.44. The fraction of sp³-hybridized carbons (Fsp3) is 0.222. The molecular formula is C18H17N7O2S. The highest BCUT2D eigenvalue weighted by Gasteiger charge is 2.29. The van der Waals surface area contributed by atoms with E-state index in [1.165, 1.54) is 28.6 Å². The van der Waals surface area contributed by atoms with E-state index in [9.17, 15) is 8.42 Å². The zero-order valence-corrected chi connectivity index (χ0v) is 15.7. The van der Waals surface area contributed by atoms with Crippen LogP contribution in [0.25, 0.3) is 5.82 Å². The molecule has 2 aromatic heterocycles. The van der Waals surface area contributed by atoms with Gasteiger partial charge < -0.3 is 4.90 Å². The fourth-order valence-electron chi connectivity index (χ4n) is 3.02. The first kappa shape index (κ1) is 18.1. The quantitative estimate of drug-likeness (QED) is 0.649. The number of benzene rings is 1. The van der Waals surface area contributed by atoms with E-state index in [0.29, 0.717) is 43.4 Å². The molecule has 1 fully saturated rings. The van der Waals surface area contributed by atoms with Crippen molar-refractivity contribution in [2.24, 2.45) is 0 Å². The maximum Gasteiger partial charge on any atom is 0.243 e. The van der Waals surface area contributed by atoms with Crippen LogP contribution < -0.4 is 4.90 Å². The minimum Gasteiger partial charge on any atom is -0.352 e. The minimum absolute atomic E-state index is 0.198. The molecule has 0 N–H and O–H groups in total. The Hall–Kier alpha value is -3.29. The number of piperazine rings is 1. The van der Waals surface area contributed by atoms with Crippen LogP contribution in [0.1, 0.15) is 5.56 Å². The van der Waals surface area contributed by atoms with Crippen LogP contribution in [-0.4, -0.2) is 58.9 Å². The van der Waals surface area contributed by atoms with Gasteiger partial charge in [0.2, 0.25) is 10.0 Å². The van der Waals surface area contributed by atoms with Crippen LogP contribution in [0.3, 0.4) is 0 Å². The van der Waals surface area contributed by atoms with E-state index in [1.807, 2.05) is 29.2 Å². The third kappa shape index (κ3) is 3.45. The van der Waals surface area contributed by atoms with Crippen molar-refractivity contribution < 1.29 is 8.42 Å². The second-order valence-corrected chi connectivity index (χ2v) is 8.17. The van der Waals surface area contributed by atoms with Gasteiger partial charge in [0.05, 0.1) is 16.5 Å². The summed E-state index contributed by atoms with van der Waals surface area (Å²) in [5.74, 6) is 1.32. The lowest BCUT2D eigenvalue weighted by atomic mass is 10.2. The predicted octanol–water partition coefficient (Wildman–Crippen LogP) is 1.04. The number of sulfonamides is 1. The van der Waals surface area contributed by atoms with Gasteiger partial charge in [0.15, 0.2) is 11.6 Å². The van der Waals surface area contributed by atoms with Crippen LogP contribution in [0, 0.1) is 11.3 Å². The largest absolute Gasteiger partial charge is 0.352 e. The summed E-state index contributed by atoms with van der Waals surface area (Å²) in [6.45, 7) is 1.74. The Morgan fingerprint density at radius 3 is 2.18 bits per heavy atom. The lowest BCUT2D eigenvalue weighted by Gasteiger charge is -2.34. The summed E-state index contributed by atoms with van der Waals surface area (Å²) in [7, 11) is -3.58. The first-order chi connectivity index (χ1) is 13.6. The second-order valence-electron chi connectivity index (χ2n) is 6.23. The van der Waals surface area contributed by atoms with Gasteiger partial charge >= 0.3 is 0 Å². The highest BCUT2D eigenvalue weighted by molar-refractivity contribution is 7.89. The van der Waals surface area contributed by atoms with E-state index < -0.39 is 10.0 Å². The van der Waals surface area contributed by atoms with E-state index in [4.69, 9.17) is 5.26 Å². The molecule has 0 spiro atoms. The van der Waals surface area contributed by atoms with Crippen LogP contribution in [0.15, 0.2) is 59.8 Å². The van der Waals surface area contributed by atoms with Crippen molar-refractivity contribution >= 4 is 15.8 Å². The molecule has 28 heavy (non-hydrogen) atoms. The Kier molecular flexibility index (Phi) is 4.77. The van der Waals surface area contributed by atoms with Crippen LogP contribution in [-0.2, 0) is 10.0 Å². The van der Waals surface area contributed by atoms with E-state index in [2.05, 4.69) is 15.3 Å². The lowest BCUT2D eigenvalue weighted by Crippen LogP contribution is -2.49. The molecule has 0 aliphatic carbocycles. The van der Waals surface area contributed by atoms with Gasteiger partial charge in [-0.2, -0.15) is 14.7 Å². The van der Waals surface area contributed by atoms with Crippen molar-refractivity contribution in [3.63, 3.8) is 0 Å². The Balaban J connectivity index is 1.43. The summed E-state index contributed by atoms with van der Waals surface area (Å²) in [4.78, 5) is 2.20. The van der Waals surface area contributed by atoms with Crippen LogP contribution in [0.2, 0.25) is 0 Å². The van der Waals surface area contributed by atoms with Gasteiger partial charge in [-0.05, 0) is 42.5 Å². The normalized spacial score (nSPS) is 15.3. The number of hydrogen-bond donors (Lipinski definition) is 0. The third-order valence-corrected chi connectivity index (χ3v) is 6.47. The molecule has 1 saturated heterocycles. The van der Waals surface area contributed by atoms with E-state index in [0.717, 1.165) is 0 Å². The molecule has 1 aromatic carbocycles. The van der Waals surface area contributed by atoms with Gasteiger partial charge in [-0.1, -0.05) is 0 Å². The first-order valence-electron chi connectivity index (χ1n) is 8.67. The molecule has 9 nitrogen and oxygen atoms in total. The molecule has 3 heterocycles. The van der Waals surface area contributed by atoms with Gasteiger partial charge in [-0.15, -0.1) is 10.2 Å². The van der Waals surface area contributed by atoms with E-state index in [-0.39, 0.29) is 4.90 Å². The van der Waals surface area contributed by atoms with E-state index in [1.54, 1.807) is 17.1 Å². The summed E-state index contributed by atoms with van der Waals surface area (Å²) in [6.07, 6.45) is 3.46. The molecule has 0 unspecified atom stereocenters. The van der Waals surface area contributed by atoms with Gasteiger partial charge in [-0.3, -0.25) is 0 Å². The van der Waals surface area contributed by atoms with Gasteiger partial charge in [-0.25, -0.2) is 13.1 Å². The second kappa shape index (κ2) is 7.38. The Morgan fingerprint density at radius 1 is 0.929 bits per heavy atom. The Labute approximate surface area is 162 Å². The first-order valence-corrected chi connectivity index (χ1v) is 10.1. The average molecular weight is 395 g/mol. The number of nitriles is 1. The summed E-state index contributed by atoms with van der Waals surface area (Å²) in [6, 6.07) is 13.5. The van der Waals surface area contributed by atoms with Gasteiger partial charge in [0.25, 0.3) is 0 Å². The zero-order valence-electron chi connectivity index (χ0n) is 14.9. The minimum atomic E-state index is -3.58. The summed E-state index contributed by atoms with van der Waals surface area (Å²) in [5, 5.41) is 21.4. The zero-order chi connectivity index (χ0) is 19.6. The molecule has 1 aliphatic heterocycles. The topological polar surface area (TPSA) is 108 Å². The number of anilines is 1. The molecule has 0 radical (unpaired) electrons. The molecule has 1 aliphatic rings. The lowest BCUT2D eigenvalue weighted by molar-refractivity contribution is 0.383. The predicted molar refractivity (Wildman–Crippen MR) is 101 cm³/mol. The molecular weight excluding hydrogens is 378 g/mol. The molecule has 0 saturated carbocycles. The van der Waals surface area contributed by atoms with Gasteiger partial charge in [0.1, 0.15) is 0 Å². The maximum absolute atomic E-state index is 12.8. The molecule has 0 atom stereocenters. The van der Waals surface area contributed by atoms with Crippen molar-refractivity contribution in [3.05, 3.63) is 60.4 Å². The van der Waals surface area contributed by atoms with Crippen molar-refractivity contribution in [1.82, 2.24) is 24.3 Å². The van der Waals surface area contributed by atoms with Crippen molar-refractivity contribution in [1.29, 1.82) is 5.26 Å². The number of rotatable bonds is 4. The van der Waals surface area contributed by atoms with E-state index >= 15 is 0 Å². The molecule has 142 valence electrons. The SMILES string of the molecule is N#Cc1ccc(S(=O)(=O)N2CCN(c3ccc(-n4cccn4)nn3)CC2)cc1. The smallest absolute Gasteiger partial charge is 0.243 e. The third-order valence-electron chi connectivity index (χ3n) is 4.56. The van der Waals surface area contributed by atoms with Crippen LogP contribution >= 0.6 is 0 Å². The monoisotopic (exact) mass is 395 g/mol. The number of nitrogens with zero attached hydrogens (tertiary/aromatic N) is 7. The maximum atomic E-state index is 12.8. The highest BCUT2D eigenvalue weighted by atomic mass is 32.2. The van der Waals surface area contributed by atoms with Crippen LogP contribution in [0.5, 0.6) is 0 Å². The summed E-state index contributed by atoms with van der Waals surface area (Å²) < 4.78 is 28.7. The van der Waals surface area contributed by atoms with Gasteiger partial charge in [0, 0.05) is 38.6 Å². The van der Waals surface area contributed by atoms with Crippen molar-refractivity contribution in [3.8, 4) is 11.9 Å². The Bertz CT molecular complexity index is 1080. The average Bonchev–Trinajstić information content (AvgIpc) is 3.29. The molecule has 4 rings (SSSR count). The standard InChI is InChI=1S/C18H17N7O2S/c19-14-15-2-4-16(5-3-15)28(26,27)24-12-10-23(11-13-24)17-6-7-18(22-21-17)25-9-1-8-20-25/h1-9H,10-13H2. The summed E-state index contributed by atoms with van der Waals surface area (Å²) >= 11 is 0. The van der Waals surface area contributed by atoms with Crippen LogP contribution in [0.4, 0.5) is 5.82 Å². The van der Waals surface area contributed by atoms with Crippen molar-refractivity contribution in [2.45, 2.75) is 4.90 Å². The number of aromatic nitrogens is 4. The number of hydrogen-bond acceptors (Lipinski definition) is 7. The summed E-state index contributed by atoms with van der Waals surface area (Å²) in [5.41, 5.74) is 0.431. The molecule has 0 bridgehead atoms. The molecule has 3 aromatic rings. The molecule has 10 heteroatoms.